The number of hydrogen-bond acceptors (Lipinski definition) is 7. The monoisotopic (exact) mass is 463 g/mol. The van der Waals surface area contributed by atoms with Crippen LogP contribution in [0.3, 0.4) is 0 Å². The molecule has 1 heterocycles. The molecule has 1 aliphatic heterocycles. The number of benzene rings is 1. The van der Waals surface area contributed by atoms with E-state index in [4.69, 9.17) is 14.2 Å². The van der Waals surface area contributed by atoms with E-state index in [1.165, 1.54) is 18.1 Å². The molecule has 0 bridgehead atoms. The zero-order chi connectivity index (χ0) is 21.1. The fourth-order valence-corrected chi connectivity index (χ4v) is 3.04. The molecule has 2 rings (SSSR count). The number of anilines is 1. The quantitative estimate of drug-likeness (QED) is 0.525. The van der Waals surface area contributed by atoms with Crippen LogP contribution in [0.4, 0.5) is 20.6 Å². The van der Waals surface area contributed by atoms with Crippen molar-refractivity contribution in [2.45, 2.75) is 32.5 Å². The maximum absolute atomic E-state index is 14.2. The summed E-state index contributed by atoms with van der Waals surface area (Å²) in [5.74, 6) is -0.895. The number of halogens is 2. The highest BCUT2D eigenvalue weighted by Crippen LogP contribution is 2.40. The maximum Gasteiger partial charge on any atom is 0.410 e. The van der Waals surface area contributed by atoms with Crippen molar-refractivity contribution < 1.29 is 28.3 Å². The Morgan fingerprint density at radius 3 is 2.79 bits per heavy atom. The zero-order valence-electron chi connectivity index (χ0n) is 16.1. The normalized spacial score (nSPS) is 17.2. The Hall–Kier alpha value is -2.14. The van der Waals surface area contributed by atoms with E-state index in [1.807, 2.05) is 0 Å². The first kappa shape index (κ1) is 22.2. The number of carbonyl (C=O) groups excluding carboxylic acids is 1. The van der Waals surface area contributed by atoms with Crippen LogP contribution >= 0.6 is 15.9 Å². The lowest BCUT2D eigenvalue weighted by atomic mass is 10.2. The Morgan fingerprint density at radius 2 is 2.21 bits per heavy atom. The molecular weight excluding hydrogens is 441 g/mol. The van der Waals surface area contributed by atoms with Gasteiger partial charge in [0.25, 0.3) is 0 Å². The Labute approximate surface area is 170 Å². The predicted molar refractivity (Wildman–Crippen MR) is 103 cm³/mol. The molecule has 1 amide bonds. The lowest BCUT2D eigenvalue weighted by molar-refractivity contribution is -0.386. The minimum absolute atomic E-state index is 0.0772. The summed E-state index contributed by atoms with van der Waals surface area (Å²) < 4.78 is 30.3. The summed E-state index contributed by atoms with van der Waals surface area (Å²) >= 11 is 2.95. The molecule has 11 heteroatoms. The van der Waals surface area contributed by atoms with E-state index in [1.54, 1.807) is 20.8 Å². The molecule has 1 aromatic carbocycles. The third-order valence-electron chi connectivity index (χ3n) is 3.86. The molecular formula is C17H23BrFN3O6. The molecule has 9 nitrogen and oxygen atoms in total. The summed E-state index contributed by atoms with van der Waals surface area (Å²) in [7, 11) is 1.33. The molecule has 0 unspecified atom stereocenters. The van der Waals surface area contributed by atoms with Crippen LogP contribution < -0.4 is 10.1 Å². The van der Waals surface area contributed by atoms with Crippen LogP contribution in [-0.2, 0) is 9.47 Å². The highest BCUT2D eigenvalue weighted by Gasteiger charge is 2.31. The number of ether oxygens (including phenoxy) is 3. The van der Waals surface area contributed by atoms with Gasteiger partial charge in [-0.25, -0.2) is 4.79 Å². The number of nitro benzene ring substituents is 1. The van der Waals surface area contributed by atoms with E-state index in [9.17, 15) is 19.3 Å². The largest absolute Gasteiger partial charge is 0.494 e. The van der Waals surface area contributed by atoms with Gasteiger partial charge in [0.2, 0.25) is 5.82 Å². The minimum atomic E-state index is -1.01. The van der Waals surface area contributed by atoms with Crippen molar-refractivity contribution in [1.29, 1.82) is 0 Å². The smallest absolute Gasteiger partial charge is 0.410 e. The number of rotatable bonds is 5. The average Bonchev–Trinajstić information content (AvgIpc) is 2.60. The zero-order valence-corrected chi connectivity index (χ0v) is 17.7. The van der Waals surface area contributed by atoms with E-state index in [2.05, 4.69) is 21.2 Å². The van der Waals surface area contributed by atoms with Crippen molar-refractivity contribution in [1.82, 2.24) is 4.90 Å². The van der Waals surface area contributed by atoms with Crippen LogP contribution in [0.1, 0.15) is 20.8 Å². The van der Waals surface area contributed by atoms with Crippen molar-refractivity contribution in [3.05, 3.63) is 26.5 Å². The molecule has 1 fully saturated rings. The fraction of sp³-hybridized carbons (Fsp3) is 0.588. The van der Waals surface area contributed by atoms with Crippen molar-refractivity contribution in [2.75, 3.05) is 38.7 Å². The van der Waals surface area contributed by atoms with Crippen molar-refractivity contribution in [3.8, 4) is 5.75 Å². The summed E-state index contributed by atoms with van der Waals surface area (Å²) in [6.45, 7) is 6.34. The topological polar surface area (TPSA) is 103 Å². The number of methoxy groups -OCH3 is 1. The number of nitrogens with zero attached hydrogens (tertiary/aromatic N) is 2. The standard InChI is InChI=1S/C17H23BrFN3O6/c1-17(2,3)28-16(23)21-5-6-27-10(9-21)8-20-14-12(26-4)7-11(18)13(19)15(14)22(24)25/h7,10,20H,5-6,8-9H2,1-4H3/t10-/m1/s1. The Morgan fingerprint density at radius 1 is 1.54 bits per heavy atom. The van der Waals surface area contributed by atoms with Crippen LogP contribution in [0, 0.1) is 15.9 Å². The Bertz CT molecular complexity index is 755. The molecule has 156 valence electrons. The van der Waals surface area contributed by atoms with E-state index >= 15 is 0 Å². The molecule has 0 saturated carbocycles. The van der Waals surface area contributed by atoms with Gasteiger partial charge in [-0.2, -0.15) is 4.39 Å². The first-order chi connectivity index (χ1) is 13.0. The van der Waals surface area contributed by atoms with Crippen LogP contribution in [0.15, 0.2) is 10.5 Å². The summed E-state index contributed by atoms with van der Waals surface area (Å²) in [6, 6.07) is 1.30. The lowest BCUT2D eigenvalue weighted by Crippen LogP contribution is -2.49. The molecule has 0 spiro atoms. The van der Waals surface area contributed by atoms with Crippen LogP contribution in [0.5, 0.6) is 5.75 Å². The molecule has 1 N–H and O–H groups in total. The molecule has 0 aromatic heterocycles. The summed E-state index contributed by atoms with van der Waals surface area (Å²) in [5, 5.41) is 14.2. The van der Waals surface area contributed by atoms with E-state index in [-0.39, 0.29) is 29.0 Å². The van der Waals surface area contributed by atoms with Gasteiger partial charge in [-0.3, -0.25) is 10.1 Å². The van der Waals surface area contributed by atoms with Crippen molar-refractivity contribution >= 4 is 33.4 Å². The van der Waals surface area contributed by atoms with E-state index in [0.717, 1.165) is 0 Å². The number of amides is 1. The molecule has 1 atom stereocenters. The number of nitrogens with one attached hydrogen (secondary N) is 1. The first-order valence-electron chi connectivity index (χ1n) is 8.57. The number of hydrogen-bond donors (Lipinski definition) is 1. The second kappa shape index (κ2) is 8.91. The van der Waals surface area contributed by atoms with Crippen LogP contribution in [-0.4, -0.2) is 61.0 Å². The number of carbonyl (C=O) groups is 1. The lowest BCUT2D eigenvalue weighted by Gasteiger charge is -2.34. The van der Waals surface area contributed by atoms with Gasteiger partial charge in [-0.15, -0.1) is 0 Å². The summed E-state index contributed by atoms with van der Waals surface area (Å²) in [6.07, 6.45) is -0.920. The predicted octanol–water partition coefficient (Wildman–Crippen LogP) is 3.55. The van der Waals surface area contributed by atoms with Crippen molar-refractivity contribution in [2.24, 2.45) is 0 Å². The minimum Gasteiger partial charge on any atom is -0.494 e. The molecule has 0 aliphatic carbocycles. The summed E-state index contributed by atoms with van der Waals surface area (Å²) in [4.78, 5) is 24.2. The highest BCUT2D eigenvalue weighted by molar-refractivity contribution is 9.10. The number of nitro groups is 1. The highest BCUT2D eigenvalue weighted by atomic mass is 79.9. The van der Waals surface area contributed by atoms with Gasteiger partial charge in [-0.05, 0) is 42.8 Å². The van der Waals surface area contributed by atoms with Crippen LogP contribution in [0.25, 0.3) is 0 Å². The van der Waals surface area contributed by atoms with Gasteiger partial charge >= 0.3 is 11.8 Å². The van der Waals surface area contributed by atoms with Crippen molar-refractivity contribution in [3.63, 3.8) is 0 Å². The van der Waals surface area contributed by atoms with E-state index < -0.39 is 34.2 Å². The second-order valence-electron chi connectivity index (χ2n) is 7.16. The van der Waals surface area contributed by atoms with Crippen LogP contribution in [0.2, 0.25) is 0 Å². The number of morpholine rings is 1. The SMILES string of the molecule is COc1cc(Br)c(F)c([N+](=O)[O-])c1NC[C@@H]1CN(C(=O)OC(C)(C)C)CCO1. The van der Waals surface area contributed by atoms with Gasteiger partial charge in [0.1, 0.15) is 11.4 Å². The molecule has 0 radical (unpaired) electrons. The third-order valence-corrected chi connectivity index (χ3v) is 4.44. The molecule has 1 saturated heterocycles. The Kier molecular flexibility index (Phi) is 7.05. The van der Waals surface area contributed by atoms with Gasteiger partial charge in [0, 0.05) is 13.1 Å². The molecule has 28 heavy (non-hydrogen) atoms. The van der Waals surface area contributed by atoms with Gasteiger partial charge < -0.3 is 24.4 Å². The fourth-order valence-electron chi connectivity index (χ4n) is 2.64. The summed E-state index contributed by atoms with van der Waals surface area (Å²) in [5.41, 5.74) is -1.44. The molecule has 1 aromatic rings. The van der Waals surface area contributed by atoms with Gasteiger partial charge in [0.15, 0.2) is 5.69 Å². The van der Waals surface area contributed by atoms with Gasteiger partial charge in [0.05, 0.1) is 35.8 Å². The average molecular weight is 464 g/mol. The van der Waals surface area contributed by atoms with E-state index in [0.29, 0.717) is 13.2 Å². The second-order valence-corrected chi connectivity index (χ2v) is 8.01. The Balaban J connectivity index is 2.12. The molecule has 1 aliphatic rings. The third kappa shape index (κ3) is 5.44. The first-order valence-corrected chi connectivity index (χ1v) is 9.36. The maximum atomic E-state index is 14.2. The van der Waals surface area contributed by atoms with Gasteiger partial charge in [-0.1, -0.05) is 0 Å².